The van der Waals surface area contributed by atoms with Crippen LogP contribution in [0.2, 0.25) is 0 Å². The van der Waals surface area contributed by atoms with E-state index in [4.69, 9.17) is 4.74 Å². The van der Waals surface area contributed by atoms with Gasteiger partial charge in [-0.15, -0.1) is 24.0 Å². The molecule has 0 aliphatic carbocycles. The number of ether oxygens (including phenoxy) is 1. The summed E-state index contributed by atoms with van der Waals surface area (Å²) in [4.78, 5) is 6.75. The lowest BCUT2D eigenvalue weighted by molar-refractivity contribution is 0.0510. The second-order valence-corrected chi connectivity index (χ2v) is 6.19. The molecule has 0 spiro atoms. The molecule has 1 fully saturated rings. The van der Waals surface area contributed by atoms with Gasteiger partial charge in [-0.25, -0.2) is 0 Å². The largest absolute Gasteiger partial charge is 0.381 e. The average Bonchev–Trinajstić information content (AvgIpc) is 2.92. The monoisotopic (exact) mass is 415 g/mol. The SMILES string of the molecule is Cc1ccccc1C1(CNC2=NCCN2C)CCOCC1.I. The van der Waals surface area contributed by atoms with Crippen molar-refractivity contribution >= 4 is 29.9 Å². The third-order valence-corrected chi connectivity index (χ3v) is 4.81. The van der Waals surface area contributed by atoms with Gasteiger partial charge in [-0.05, 0) is 30.9 Å². The van der Waals surface area contributed by atoms with Gasteiger partial charge in [0.1, 0.15) is 0 Å². The third kappa shape index (κ3) is 3.56. The summed E-state index contributed by atoms with van der Waals surface area (Å²) in [5.41, 5.74) is 3.00. The Morgan fingerprint density at radius 2 is 2.00 bits per heavy atom. The van der Waals surface area contributed by atoms with E-state index >= 15 is 0 Å². The Morgan fingerprint density at radius 3 is 2.64 bits per heavy atom. The van der Waals surface area contributed by atoms with Crippen LogP contribution in [-0.4, -0.2) is 50.8 Å². The number of aliphatic imine (C=N–C) groups is 1. The van der Waals surface area contributed by atoms with Crippen molar-refractivity contribution in [3.63, 3.8) is 0 Å². The highest BCUT2D eigenvalue weighted by molar-refractivity contribution is 14.0. The lowest BCUT2D eigenvalue weighted by Crippen LogP contribution is -2.47. The molecule has 1 aromatic rings. The normalized spacial score (nSPS) is 20.3. The average molecular weight is 415 g/mol. The molecule has 0 atom stereocenters. The highest BCUT2D eigenvalue weighted by atomic mass is 127. The number of hydrogen-bond acceptors (Lipinski definition) is 4. The molecule has 0 bridgehead atoms. The summed E-state index contributed by atoms with van der Waals surface area (Å²) in [6, 6.07) is 8.77. The molecule has 1 N–H and O–H groups in total. The molecule has 0 saturated carbocycles. The van der Waals surface area contributed by atoms with Crippen LogP contribution in [0.3, 0.4) is 0 Å². The molecule has 3 rings (SSSR count). The van der Waals surface area contributed by atoms with Crippen LogP contribution in [0.25, 0.3) is 0 Å². The zero-order chi connectivity index (χ0) is 14.7. The first-order chi connectivity index (χ1) is 10.2. The number of guanidine groups is 1. The standard InChI is InChI=1S/C17H25N3O.HI/c1-14-5-3-4-6-15(14)17(7-11-21-12-8-17)13-19-16-18-9-10-20(16)2;/h3-6H,7-13H2,1-2H3,(H,18,19);1H. The summed E-state index contributed by atoms with van der Waals surface area (Å²) in [6.07, 6.45) is 2.14. The minimum absolute atomic E-state index is 0. The molecule has 5 heteroatoms. The first kappa shape index (κ1) is 17.5. The van der Waals surface area contributed by atoms with Crippen molar-refractivity contribution in [2.24, 2.45) is 4.99 Å². The summed E-state index contributed by atoms with van der Waals surface area (Å²) in [7, 11) is 2.10. The number of rotatable bonds is 3. The Kier molecular flexibility index (Phi) is 6.09. The Labute approximate surface area is 150 Å². The van der Waals surface area contributed by atoms with Gasteiger partial charge in [0, 0.05) is 38.8 Å². The number of nitrogens with zero attached hydrogens (tertiary/aromatic N) is 2. The zero-order valence-electron chi connectivity index (χ0n) is 13.5. The highest BCUT2D eigenvalue weighted by Gasteiger charge is 2.36. The molecule has 4 nitrogen and oxygen atoms in total. The molecule has 2 heterocycles. The molecule has 2 aliphatic rings. The van der Waals surface area contributed by atoms with Gasteiger partial charge in [-0.2, -0.15) is 0 Å². The Hall–Kier alpha value is -0.820. The number of hydrogen-bond donors (Lipinski definition) is 1. The molecule has 0 amide bonds. The number of halogens is 1. The van der Waals surface area contributed by atoms with E-state index in [0.29, 0.717) is 0 Å². The van der Waals surface area contributed by atoms with Gasteiger partial charge in [-0.3, -0.25) is 4.99 Å². The van der Waals surface area contributed by atoms with Gasteiger partial charge < -0.3 is 15.0 Å². The maximum atomic E-state index is 5.61. The molecule has 1 saturated heterocycles. The van der Waals surface area contributed by atoms with Crippen molar-refractivity contribution in [1.82, 2.24) is 10.2 Å². The van der Waals surface area contributed by atoms with E-state index in [9.17, 15) is 0 Å². The summed E-state index contributed by atoms with van der Waals surface area (Å²) in [5, 5.41) is 3.59. The minimum Gasteiger partial charge on any atom is -0.381 e. The quantitative estimate of drug-likeness (QED) is 0.772. The van der Waals surface area contributed by atoms with E-state index in [1.165, 1.54) is 11.1 Å². The van der Waals surface area contributed by atoms with Gasteiger partial charge in [0.15, 0.2) is 5.96 Å². The molecule has 0 radical (unpaired) electrons. The summed E-state index contributed by atoms with van der Waals surface area (Å²) in [6.45, 7) is 6.76. The number of nitrogens with one attached hydrogen (secondary N) is 1. The topological polar surface area (TPSA) is 36.9 Å². The molecule has 0 unspecified atom stereocenters. The van der Waals surface area contributed by atoms with Crippen LogP contribution >= 0.6 is 24.0 Å². The molecule has 122 valence electrons. The van der Waals surface area contributed by atoms with Crippen LogP contribution in [-0.2, 0) is 10.2 Å². The first-order valence-corrected chi connectivity index (χ1v) is 7.85. The van der Waals surface area contributed by atoms with Gasteiger partial charge in [-0.1, -0.05) is 24.3 Å². The van der Waals surface area contributed by atoms with Gasteiger partial charge >= 0.3 is 0 Å². The second-order valence-electron chi connectivity index (χ2n) is 6.19. The van der Waals surface area contributed by atoms with Gasteiger partial charge in [0.2, 0.25) is 0 Å². The number of likely N-dealkylation sites (N-methyl/N-ethyl adjacent to an activating group) is 1. The van der Waals surface area contributed by atoms with Crippen LogP contribution in [0.1, 0.15) is 24.0 Å². The van der Waals surface area contributed by atoms with Crippen LogP contribution < -0.4 is 5.32 Å². The first-order valence-electron chi connectivity index (χ1n) is 7.85. The summed E-state index contributed by atoms with van der Waals surface area (Å²) < 4.78 is 5.61. The summed E-state index contributed by atoms with van der Waals surface area (Å²) in [5.74, 6) is 1.04. The molecule has 22 heavy (non-hydrogen) atoms. The van der Waals surface area contributed by atoms with E-state index in [1.807, 2.05) is 0 Å². The lowest BCUT2D eigenvalue weighted by Gasteiger charge is -2.39. The minimum atomic E-state index is 0. The second kappa shape index (κ2) is 7.64. The van der Waals surface area contributed by atoms with Crippen LogP contribution in [0.4, 0.5) is 0 Å². The molecular formula is C17H26IN3O. The Balaban J connectivity index is 0.00000176. The van der Waals surface area contributed by atoms with Crippen molar-refractivity contribution in [3.05, 3.63) is 35.4 Å². The molecule has 2 aliphatic heterocycles. The fourth-order valence-electron chi connectivity index (χ4n) is 3.44. The molecule has 1 aromatic carbocycles. The van der Waals surface area contributed by atoms with Crippen molar-refractivity contribution < 1.29 is 4.74 Å². The summed E-state index contributed by atoms with van der Waals surface area (Å²) >= 11 is 0. The number of benzene rings is 1. The molecule has 0 aromatic heterocycles. The zero-order valence-corrected chi connectivity index (χ0v) is 15.8. The van der Waals surface area contributed by atoms with Crippen molar-refractivity contribution in [2.45, 2.75) is 25.2 Å². The predicted molar refractivity (Wildman–Crippen MR) is 101 cm³/mol. The Bertz CT molecular complexity index is 526. The maximum absolute atomic E-state index is 5.61. The van der Waals surface area contributed by atoms with Crippen molar-refractivity contribution in [3.8, 4) is 0 Å². The highest BCUT2D eigenvalue weighted by Crippen LogP contribution is 2.36. The fourth-order valence-corrected chi connectivity index (χ4v) is 3.44. The third-order valence-electron chi connectivity index (χ3n) is 4.81. The van der Waals surface area contributed by atoms with Crippen LogP contribution in [0.15, 0.2) is 29.3 Å². The van der Waals surface area contributed by atoms with Crippen LogP contribution in [0, 0.1) is 6.92 Å². The lowest BCUT2D eigenvalue weighted by atomic mass is 9.72. The van der Waals surface area contributed by atoms with Crippen molar-refractivity contribution in [1.29, 1.82) is 0 Å². The van der Waals surface area contributed by atoms with E-state index in [1.54, 1.807) is 0 Å². The van der Waals surface area contributed by atoms with E-state index < -0.39 is 0 Å². The van der Waals surface area contributed by atoms with E-state index in [-0.39, 0.29) is 29.4 Å². The fraction of sp³-hybridized carbons (Fsp3) is 0.588. The molecular weight excluding hydrogens is 389 g/mol. The Morgan fingerprint density at radius 1 is 1.27 bits per heavy atom. The maximum Gasteiger partial charge on any atom is 0.193 e. The van der Waals surface area contributed by atoms with Crippen molar-refractivity contribution in [2.75, 3.05) is 39.9 Å². The van der Waals surface area contributed by atoms with Gasteiger partial charge in [0.05, 0.1) is 6.54 Å². The van der Waals surface area contributed by atoms with E-state index in [0.717, 1.165) is 51.6 Å². The van der Waals surface area contributed by atoms with E-state index in [2.05, 4.69) is 53.4 Å². The van der Waals surface area contributed by atoms with Gasteiger partial charge in [0.25, 0.3) is 0 Å². The van der Waals surface area contributed by atoms with Crippen LogP contribution in [0.5, 0.6) is 0 Å². The number of aryl methyl sites for hydroxylation is 1. The predicted octanol–water partition coefficient (Wildman–Crippen LogP) is 2.55. The smallest absolute Gasteiger partial charge is 0.193 e.